The highest BCUT2D eigenvalue weighted by Gasteiger charge is 2.25. The van der Waals surface area contributed by atoms with E-state index in [2.05, 4.69) is 10.4 Å². The number of carbonyl (C=O) groups excluding carboxylic acids is 1. The molecule has 0 unspecified atom stereocenters. The van der Waals surface area contributed by atoms with E-state index in [4.69, 9.17) is 4.74 Å². The molecular formula is C11H18N4O4. The van der Waals surface area contributed by atoms with Crippen molar-refractivity contribution >= 4 is 17.6 Å². The predicted molar refractivity (Wildman–Crippen MR) is 69.1 cm³/mol. The van der Waals surface area contributed by atoms with E-state index >= 15 is 0 Å². The molecule has 0 saturated heterocycles. The Hall–Kier alpha value is -2.12. The number of nitrogens with zero attached hydrogens (tertiary/aromatic N) is 3. The number of carbonyl (C=O) groups is 1. The van der Waals surface area contributed by atoms with Gasteiger partial charge in [-0.3, -0.25) is 5.32 Å². The van der Waals surface area contributed by atoms with Crippen molar-refractivity contribution < 1.29 is 14.5 Å². The van der Waals surface area contributed by atoms with Crippen LogP contribution in [-0.4, -0.2) is 26.4 Å². The molecule has 0 aliphatic heterocycles. The van der Waals surface area contributed by atoms with Crippen molar-refractivity contribution in [3.63, 3.8) is 0 Å². The van der Waals surface area contributed by atoms with E-state index < -0.39 is 22.4 Å². The Bertz CT molecular complexity index is 487. The molecule has 1 heterocycles. The molecule has 106 valence electrons. The topological polar surface area (TPSA) is 99.3 Å². The third-order valence-electron chi connectivity index (χ3n) is 2.05. The largest absolute Gasteiger partial charge is 0.444 e. The lowest BCUT2D eigenvalue weighted by Crippen LogP contribution is -2.27. The van der Waals surface area contributed by atoms with Gasteiger partial charge in [-0.25, -0.2) is 4.79 Å². The van der Waals surface area contributed by atoms with E-state index in [1.54, 1.807) is 20.8 Å². The summed E-state index contributed by atoms with van der Waals surface area (Å²) >= 11 is 0. The van der Waals surface area contributed by atoms with E-state index in [0.29, 0.717) is 0 Å². The maximum atomic E-state index is 11.6. The number of nitro groups is 1. The quantitative estimate of drug-likeness (QED) is 0.672. The van der Waals surface area contributed by atoms with E-state index in [1.165, 1.54) is 10.9 Å². The van der Waals surface area contributed by atoms with Crippen LogP contribution in [0.15, 0.2) is 6.20 Å². The standard InChI is InChI=1S/C11H18N4O4/c1-7(2)14-6-8(9(13-14)15(17)18)12-10(16)19-11(3,4)5/h6-7H,1-5H3,(H,12,16). The highest BCUT2D eigenvalue weighted by molar-refractivity contribution is 5.87. The van der Waals surface area contributed by atoms with Crippen molar-refractivity contribution in [3.8, 4) is 0 Å². The van der Waals surface area contributed by atoms with Gasteiger partial charge in [0.1, 0.15) is 5.60 Å². The molecule has 0 spiro atoms. The molecule has 0 aliphatic carbocycles. The number of rotatable bonds is 3. The summed E-state index contributed by atoms with van der Waals surface area (Å²) in [5.41, 5.74) is -0.652. The fourth-order valence-electron chi connectivity index (χ4n) is 1.28. The maximum absolute atomic E-state index is 11.6. The maximum Gasteiger partial charge on any atom is 0.413 e. The molecule has 19 heavy (non-hydrogen) atoms. The van der Waals surface area contributed by atoms with Crippen molar-refractivity contribution in [2.75, 3.05) is 5.32 Å². The molecule has 0 atom stereocenters. The summed E-state index contributed by atoms with van der Waals surface area (Å²) in [4.78, 5) is 21.8. The average Bonchev–Trinajstić information content (AvgIpc) is 2.58. The first-order chi connectivity index (χ1) is 8.60. The van der Waals surface area contributed by atoms with Crippen molar-refractivity contribution in [1.29, 1.82) is 0 Å². The molecule has 1 aromatic rings. The van der Waals surface area contributed by atoms with Crippen LogP contribution < -0.4 is 5.32 Å². The highest BCUT2D eigenvalue weighted by Crippen LogP contribution is 2.24. The normalized spacial score (nSPS) is 11.5. The minimum Gasteiger partial charge on any atom is -0.444 e. The minimum atomic E-state index is -0.751. The van der Waals surface area contributed by atoms with Crippen LogP contribution in [0, 0.1) is 10.1 Å². The third kappa shape index (κ3) is 4.23. The van der Waals surface area contributed by atoms with Gasteiger partial charge in [-0.15, -0.1) is 0 Å². The molecule has 1 rings (SSSR count). The van der Waals surface area contributed by atoms with Crippen LogP contribution in [0.2, 0.25) is 0 Å². The smallest absolute Gasteiger partial charge is 0.413 e. The number of hydrogen-bond acceptors (Lipinski definition) is 5. The van der Waals surface area contributed by atoms with Crippen LogP contribution in [-0.2, 0) is 4.74 Å². The molecule has 0 saturated carbocycles. The van der Waals surface area contributed by atoms with E-state index in [1.807, 2.05) is 13.8 Å². The Morgan fingerprint density at radius 1 is 1.53 bits per heavy atom. The third-order valence-corrected chi connectivity index (χ3v) is 2.05. The molecule has 0 aromatic carbocycles. The first-order valence-electron chi connectivity index (χ1n) is 5.83. The summed E-state index contributed by atoms with van der Waals surface area (Å²) in [6.07, 6.45) is 0.658. The first kappa shape index (κ1) is 14.9. The van der Waals surface area contributed by atoms with Gasteiger partial charge < -0.3 is 14.9 Å². The van der Waals surface area contributed by atoms with Gasteiger partial charge in [-0.2, -0.15) is 4.68 Å². The van der Waals surface area contributed by atoms with Gasteiger partial charge in [0.2, 0.25) is 0 Å². The summed E-state index contributed by atoms with van der Waals surface area (Å²) in [6, 6.07) is -0.0483. The van der Waals surface area contributed by atoms with Crippen molar-refractivity contribution in [2.45, 2.75) is 46.3 Å². The van der Waals surface area contributed by atoms with E-state index in [0.717, 1.165) is 0 Å². The number of ether oxygens (including phenoxy) is 1. The Morgan fingerprint density at radius 3 is 2.53 bits per heavy atom. The molecule has 1 N–H and O–H groups in total. The minimum absolute atomic E-state index is 0.0213. The fraction of sp³-hybridized carbons (Fsp3) is 0.636. The summed E-state index contributed by atoms with van der Waals surface area (Å²) in [6.45, 7) is 8.78. The van der Waals surface area contributed by atoms with E-state index in [-0.39, 0.29) is 11.7 Å². The highest BCUT2D eigenvalue weighted by atomic mass is 16.6. The van der Waals surface area contributed by atoms with Crippen molar-refractivity contribution in [3.05, 3.63) is 16.3 Å². The summed E-state index contributed by atoms with van der Waals surface area (Å²) < 4.78 is 6.44. The first-order valence-corrected chi connectivity index (χ1v) is 5.83. The van der Waals surface area contributed by atoms with Crippen molar-refractivity contribution in [2.24, 2.45) is 0 Å². The van der Waals surface area contributed by atoms with Crippen LogP contribution >= 0.6 is 0 Å². The van der Waals surface area contributed by atoms with Crippen molar-refractivity contribution in [1.82, 2.24) is 9.78 Å². The van der Waals surface area contributed by atoms with Crippen LogP contribution in [0.5, 0.6) is 0 Å². The molecule has 1 amide bonds. The monoisotopic (exact) mass is 270 g/mol. The summed E-state index contributed by atoms with van der Waals surface area (Å²) in [7, 11) is 0. The second-order valence-electron chi connectivity index (χ2n) is 5.32. The molecular weight excluding hydrogens is 252 g/mol. The zero-order chi connectivity index (χ0) is 14.8. The van der Waals surface area contributed by atoms with Crippen LogP contribution in [0.4, 0.5) is 16.3 Å². The Labute approximate surface area is 110 Å². The Morgan fingerprint density at radius 2 is 2.11 bits per heavy atom. The molecule has 1 aromatic heterocycles. The van der Waals surface area contributed by atoms with Gasteiger partial charge in [0.05, 0.1) is 17.3 Å². The van der Waals surface area contributed by atoms with Crippen LogP contribution in [0.25, 0.3) is 0 Å². The lowest BCUT2D eigenvalue weighted by molar-refractivity contribution is -0.388. The molecule has 8 nitrogen and oxygen atoms in total. The zero-order valence-corrected chi connectivity index (χ0v) is 11.6. The SMILES string of the molecule is CC(C)n1cc(NC(=O)OC(C)(C)C)c([N+](=O)[O-])n1. The van der Waals surface area contributed by atoms with Gasteiger partial charge in [0.15, 0.2) is 5.69 Å². The number of amides is 1. The number of anilines is 1. The molecule has 0 fully saturated rings. The molecule has 0 radical (unpaired) electrons. The lowest BCUT2D eigenvalue weighted by Gasteiger charge is -2.19. The zero-order valence-electron chi connectivity index (χ0n) is 11.6. The second kappa shape index (κ2) is 5.25. The van der Waals surface area contributed by atoms with Gasteiger partial charge in [-0.1, -0.05) is 0 Å². The molecule has 0 bridgehead atoms. The number of aromatic nitrogens is 2. The second-order valence-corrected chi connectivity index (χ2v) is 5.32. The van der Waals surface area contributed by atoms with Gasteiger partial charge in [-0.05, 0) is 39.5 Å². The van der Waals surface area contributed by atoms with Crippen LogP contribution in [0.3, 0.4) is 0 Å². The predicted octanol–water partition coefficient (Wildman–Crippen LogP) is 2.72. The van der Waals surface area contributed by atoms with Gasteiger partial charge in [0.25, 0.3) is 0 Å². The average molecular weight is 270 g/mol. The summed E-state index contributed by atoms with van der Waals surface area (Å²) in [5.74, 6) is -0.403. The lowest BCUT2D eigenvalue weighted by atomic mass is 10.2. The fourth-order valence-corrected chi connectivity index (χ4v) is 1.28. The Kier molecular flexibility index (Phi) is 4.13. The number of nitrogens with one attached hydrogen (secondary N) is 1. The van der Waals surface area contributed by atoms with E-state index in [9.17, 15) is 14.9 Å². The molecule has 0 aliphatic rings. The molecule has 8 heteroatoms. The van der Waals surface area contributed by atoms with Crippen LogP contribution in [0.1, 0.15) is 40.7 Å². The summed E-state index contributed by atoms with van der Waals surface area (Å²) in [5, 5.41) is 17.0. The van der Waals surface area contributed by atoms with Gasteiger partial charge in [0, 0.05) is 0 Å². The number of hydrogen-bond donors (Lipinski definition) is 1. The van der Waals surface area contributed by atoms with Gasteiger partial charge >= 0.3 is 11.9 Å². The Balaban J connectivity index is 2.93.